The zero-order valence-electron chi connectivity index (χ0n) is 34.8. The summed E-state index contributed by atoms with van der Waals surface area (Å²) in [7, 11) is 0. The Morgan fingerprint density at radius 2 is 0.900 bits per heavy atom. The molecule has 0 amide bonds. The highest BCUT2D eigenvalue weighted by Gasteiger charge is 2.47. The predicted molar refractivity (Wildman–Crippen MR) is 245 cm³/mol. The van der Waals surface area contributed by atoms with E-state index in [1.54, 1.807) is 18.3 Å². The van der Waals surface area contributed by atoms with Gasteiger partial charge in [0.15, 0.2) is 0 Å². The third-order valence-electron chi connectivity index (χ3n) is 14.4. The van der Waals surface area contributed by atoms with Crippen molar-refractivity contribution in [3.8, 4) is 0 Å². The molecular weight excluding hydrogens is 737 g/mol. The van der Waals surface area contributed by atoms with E-state index in [0.29, 0.717) is 35.0 Å². The number of nitrogens with zero attached hydrogens (tertiary/aromatic N) is 4. The van der Waals surface area contributed by atoms with Crippen LogP contribution < -0.4 is 0 Å². The predicted octanol–water partition coefficient (Wildman–Crippen LogP) is 10.6. The fourth-order valence-corrected chi connectivity index (χ4v) is 11.5. The number of carboxylic acid groups (broad SMARTS) is 1. The van der Waals surface area contributed by atoms with E-state index < -0.39 is 5.97 Å². The summed E-state index contributed by atoms with van der Waals surface area (Å²) < 4.78 is 0. The minimum absolute atomic E-state index is 0.129. The molecule has 6 heteroatoms. The molecule has 5 aromatic carbocycles. The molecule has 4 bridgehead atoms. The third kappa shape index (κ3) is 8.82. The Morgan fingerprint density at radius 1 is 0.517 bits per heavy atom. The van der Waals surface area contributed by atoms with Crippen LogP contribution in [-0.2, 0) is 0 Å². The van der Waals surface area contributed by atoms with Crippen molar-refractivity contribution < 1.29 is 9.90 Å². The number of rotatable bonds is 11. The van der Waals surface area contributed by atoms with Crippen LogP contribution in [0.2, 0.25) is 0 Å². The Hall–Kier alpha value is -5.17. The van der Waals surface area contributed by atoms with Crippen LogP contribution in [0, 0.1) is 17.8 Å². The molecule has 6 nitrogen and oxygen atoms in total. The first-order chi connectivity index (χ1) is 29.6. The second-order valence-corrected chi connectivity index (χ2v) is 17.8. The van der Waals surface area contributed by atoms with Gasteiger partial charge < -0.3 is 5.11 Å². The highest BCUT2D eigenvalue weighted by Crippen LogP contribution is 2.45. The lowest BCUT2D eigenvalue weighted by molar-refractivity contribution is 0.0214. The summed E-state index contributed by atoms with van der Waals surface area (Å²) in [5.74, 6) is 1.70. The maximum absolute atomic E-state index is 11.7. The van der Waals surface area contributed by atoms with E-state index in [4.69, 9.17) is 9.98 Å². The highest BCUT2D eigenvalue weighted by molar-refractivity contribution is 5.98. The minimum Gasteiger partial charge on any atom is -0.478 e. The SMILES string of the molecule is C(=N[C@@H]1C2CCN(CC2)[C@H]1C(c1ccccc1)c1ccccc1)C1CCCC1.O=C(O)c1ccccc1C=N[C@@H]1C2CCN(CC2)[C@H]1C(c1ccccc1)c1ccccc1. The fourth-order valence-electron chi connectivity index (χ4n) is 11.5. The van der Waals surface area contributed by atoms with Crippen LogP contribution in [-0.4, -0.2) is 83.7 Å². The van der Waals surface area contributed by atoms with Crippen LogP contribution in [0.15, 0.2) is 156 Å². The lowest BCUT2D eigenvalue weighted by Gasteiger charge is -2.52. The molecule has 5 aromatic rings. The van der Waals surface area contributed by atoms with Gasteiger partial charge in [-0.25, -0.2) is 4.79 Å². The van der Waals surface area contributed by atoms with Gasteiger partial charge in [0.05, 0.1) is 17.6 Å². The van der Waals surface area contributed by atoms with E-state index >= 15 is 0 Å². The highest BCUT2D eigenvalue weighted by atomic mass is 16.4. The van der Waals surface area contributed by atoms with Gasteiger partial charge in [-0.2, -0.15) is 0 Å². The molecule has 1 saturated carbocycles. The third-order valence-corrected chi connectivity index (χ3v) is 14.4. The van der Waals surface area contributed by atoms with Gasteiger partial charge in [0.25, 0.3) is 0 Å². The monoisotopic (exact) mass is 796 g/mol. The van der Waals surface area contributed by atoms with E-state index in [-0.39, 0.29) is 18.0 Å². The van der Waals surface area contributed by atoms with Crippen molar-refractivity contribution >= 4 is 18.4 Å². The number of carbonyl (C=O) groups is 1. The largest absolute Gasteiger partial charge is 0.478 e. The molecule has 1 aliphatic carbocycles. The number of hydrogen-bond donors (Lipinski definition) is 1. The number of piperidine rings is 6. The number of aliphatic imine (C=N–C) groups is 2. The lowest BCUT2D eigenvalue weighted by Crippen LogP contribution is -2.59. The van der Waals surface area contributed by atoms with Gasteiger partial charge in [-0.1, -0.05) is 152 Å². The van der Waals surface area contributed by atoms with Crippen molar-refractivity contribution in [3.63, 3.8) is 0 Å². The molecule has 60 heavy (non-hydrogen) atoms. The molecule has 7 aliphatic rings. The van der Waals surface area contributed by atoms with Gasteiger partial charge in [-0.15, -0.1) is 0 Å². The van der Waals surface area contributed by atoms with Crippen LogP contribution in [0.3, 0.4) is 0 Å². The standard InChI is InChI=1S/C28H28N2O2.C26H32N2/c31-28(32)24-14-8-7-13-23(24)19-29-26-22-15-17-30(18-16-22)27(26)25(20-9-3-1-4-10-20)21-11-5-2-6-12-21;1-3-11-21(12-4-1)24(22-13-5-2-6-14-22)26-25(23-15-17-28(26)18-16-23)27-19-20-9-7-8-10-20/h1-14,19,22,25-27H,15-18H2,(H,31,32);1-6,11-14,19-20,23-26H,7-10,15-18H2/t26-,27+;25-,26+/m11/s1. The first-order valence-corrected chi connectivity index (χ1v) is 22.7. The zero-order chi connectivity index (χ0) is 40.7. The van der Waals surface area contributed by atoms with Crippen molar-refractivity contribution in [2.24, 2.45) is 27.7 Å². The Labute approximate surface area is 357 Å². The molecule has 0 unspecified atom stereocenters. The minimum atomic E-state index is -0.913. The van der Waals surface area contributed by atoms with Gasteiger partial charge in [0.2, 0.25) is 0 Å². The number of benzene rings is 5. The van der Waals surface area contributed by atoms with Crippen molar-refractivity contribution in [1.82, 2.24) is 9.80 Å². The van der Waals surface area contributed by atoms with E-state index in [1.165, 1.54) is 73.9 Å². The van der Waals surface area contributed by atoms with Crippen molar-refractivity contribution in [2.45, 2.75) is 87.4 Å². The molecule has 4 atom stereocenters. The maximum Gasteiger partial charge on any atom is 0.336 e. The Kier molecular flexibility index (Phi) is 12.8. The molecule has 12 rings (SSSR count). The zero-order valence-corrected chi connectivity index (χ0v) is 34.8. The summed E-state index contributed by atoms with van der Waals surface area (Å²) >= 11 is 0. The number of carboxylic acids is 1. The molecule has 308 valence electrons. The maximum atomic E-state index is 11.7. The Bertz CT molecular complexity index is 2090. The number of aromatic carboxylic acids is 1. The van der Waals surface area contributed by atoms with Gasteiger partial charge in [-0.05, 0) is 111 Å². The fraction of sp³-hybridized carbons (Fsp3) is 0.389. The normalized spacial score (nSPS) is 27.4. The summed E-state index contributed by atoms with van der Waals surface area (Å²) in [6, 6.07) is 52.2. The van der Waals surface area contributed by atoms with Crippen LogP contribution in [0.25, 0.3) is 0 Å². The lowest BCUT2D eigenvalue weighted by atomic mass is 9.71. The molecule has 1 N–H and O–H groups in total. The molecule has 6 saturated heterocycles. The Balaban J connectivity index is 0.000000155. The number of hydrogen-bond acceptors (Lipinski definition) is 5. The van der Waals surface area contributed by atoms with Gasteiger partial charge in [-0.3, -0.25) is 19.8 Å². The van der Waals surface area contributed by atoms with Crippen molar-refractivity contribution in [1.29, 1.82) is 0 Å². The number of fused-ring (bicyclic) bond motifs is 6. The van der Waals surface area contributed by atoms with E-state index in [0.717, 1.165) is 37.8 Å². The summed E-state index contributed by atoms with van der Waals surface area (Å²) in [5, 5.41) is 9.58. The first kappa shape index (κ1) is 40.2. The second kappa shape index (κ2) is 19.0. The topological polar surface area (TPSA) is 68.5 Å². The molecule has 0 aromatic heterocycles. The summed E-state index contributed by atoms with van der Waals surface area (Å²) in [6.07, 6.45) is 14.6. The summed E-state index contributed by atoms with van der Waals surface area (Å²) in [6.45, 7) is 4.67. The quantitative estimate of drug-likeness (QED) is 0.135. The van der Waals surface area contributed by atoms with Crippen LogP contribution >= 0.6 is 0 Å². The average Bonchev–Trinajstić information content (AvgIpc) is 3.85. The van der Waals surface area contributed by atoms with E-state index in [2.05, 4.69) is 137 Å². The van der Waals surface area contributed by atoms with Gasteiger partial charge >= 0.3 is 5.97 Å². The molecule has 7 fully saturated rings. The molecular formula is C54H60N4O2. The van der Waals surface area contributed by atoms with Crippen molar-refractivity contribution in [2.75, 3.05) is 26.2 Å². The molecule has 6 heterocycles. The van der Waals surface area contributed by atoms with Crippen LogP contribution in [0.4, 0.5) is 0 Å². The van der Waals surface area contributed by atoms with E-state index in [1.807, 2.05) is 12.1 Å². The van der Waals surface area contributed by atoms with Crippen LogP contribution in [0.5, 0.6) is 0 Å². The Morgan fingerprint density at radius 3 is 1.32 bits per heavy atom. The van der Waals surface area contributed by atoms with E-state index in [9.17, 15) is 9.90 Å². The van der Waals surface area contributed by atoms with Gasteiger partial charge in [0.1, 0.15) is 0 Å². The smallest absolute Gasteiger partial charge is 0.336 e. The second-order valence-electron chi connectivity index (χ2n) is 17.8. The van der Waals surface area contributed by atoms with Crippen LogP contribution in [0.1, 0.15) is 101 Å². The molecule has 6 aliphatic heterocycles. The molecule has 0 spiro atoms. The summed E-state index contributed by atoms with van der Waals surface area (Å²) in [5.41, 5.74) is 6.47. The first-order valence-electron chi connectivity index (χ1n) is 22.7. The average molecular weight is 797 g/mol. The van der Waals surface area contributed by atoms with Gasteiger partial charge in [0, 0.05) is 41.9 Å². The summed E-state index contributed by atoms with van der Waals surface area (Å²) in [4.78, 5) is 27.5. The molecule has 0 radical (unpaired) electrons. The van der Waals surface area contributed by atoms with Crippen molar-refractivity contribution in [3.05, 3.63) is 179 Å².